The Hall–Kier alpha value is -2.05. The van der Waals surface area contributed by atoms with E-state index in [2.05, 4.69) is 0 Å². The molecule has 2 aromatic carbocycles. The third-order valence-corrected chi connectivity index (χ3v) is 5.31. The van der Waals surface area contributed by atoms with Crippen LogP contribution in [0.25, 0.3) is 0 Å². The van der Waals surface area contributed by atoms with Gasteiger partial charge in [-0.2, -0.15) is 0 Å². The van der Waals surface area contributed by atoms with E-state index < -0.39 is 16.0 Å². The van der Waals surface area contributed by atoms with Crippen molar-refractivity contribution in [2.45, 2.75) is 18.2 Å². The highest BCUT2D eigenvalue weighted by Gasteiger charge is 2.27. The number of rotatable bonds is 6. The van der Waals surface area contributed by atoms with Gasteiger partial charge in [-0.15, -0.1) is 0 Å². The van der Waals surface area contributed by atoms with E-state index in [9.17, 15) is 18.3 Å². The van der Waals surface area contributed by atoms with E-state index in [0.29, 0.717) is 11.4 Å². The molecule has 0 aromatic heterocycles. The summed E-state index contributed by atoms with van der Waals surface area (Å²) in [6.45, 7) is 2.00. The first-order valence-corrected chi connectivity index (χ1v) is 8.80. The maximum atomic E-state index is 12.9. The van der Waals surface area contributed by atoms with Crippen molar-refractivity contribution < 1.29 is 18.3 Å². The van der Waals surface area contributed by atoms with Crippen molar-refractivity contribution >= 4 is 33.3 Å². The van der Waals surface area contributed by atoms with Crippen LogP contribution in [0.4, 0.5) is 5.69 Å². The second-order valence-corrected chi connectivity index (χ2v) is 7.15. The van der Waals surface area contributed by atoms with Crippen LogP contribution in [0.1, 0.15) is 23.7 Å². The summed E-state index contributed by atoms with van der Waals surface area (Å²) < 4.78 is 26.9. The summed E-state index contributed by atoms with van der Waals surface area (Å²) in [5, 5.41) is 9.74. The molecule has 23 heavy (non-hydrogen) atoms. The molecular formula is C16H16ClNO4S. The number of anilines is 1. The van der Waals surface area contributed by atoms with Crippen LogP contribution < -0.4 is 4.31 Å². The lowest BCUT2D eigenvalue weighted by molar-refractivity contribution is 0.0698. The molecule has 0 amide bonds. The van der Waals surface area contributed by atoms with Crippen molar-refractivity contribution in [3.05, 3.63) is 59.1 Å². The Kier molecular flexibility index (Phi) is 5.28. The minimum absolute atomic E-state index is 0.0570. The summed E-state index contributed by atoms with van der Waals surface area (Å²) in [7, 11) is -3.88. The zero-order chi connectivity index (χ0) is 17.0. The molecule has 0 aliphatic carbocycles. The Balaban J connectivity index is 2.58. The summed E-state index contributed by atoms with van der Waals surface area (Å²) in [6, 6.07) is 11.8. The predicted octanol–water partition coefficient (Wildman–Crippen LogP) is 3.64. The average Bonchev–Trinajstić information content (AvgIpc) is 2.53. The number of carbonyl (C=O) groups is 1. The number of nitrogens with zero attached hydrogens (tertiary/aromatic N) is 1. The molecule has 122 valence electrons. The van der Waals surface area contributed by atoms with Gasteiger partial charge >= 0.3 is 5.97 Å². The lowest BCUT2D eigenvalue weighted by Gasteiger charge is -2.25. The van der Waals surface area contributed by atoms with E-state index in [1.54, 1.807) is 12.1 Å². The predicted molar refractivity (Wildman–Crippen MR) is 89.7 cm³/mol. The maximum absolute atomic E-state index is 12.9. The normalized spacial score (nSPS) is 11.2. The molecule has 0 unspecified atom stereocenters. The molecule has 0 saturated carbocycles. The largest absolute Gasteiger partial charge is 0.478 e. The molecule has 0 radical (unpaired) electrons. The quantitative estimate of drug-likeness (QED) is 0.860. The van der Waals surface area contributed by atoms with Gasteiger partial charge in [0.1, 0.15) is 0 Å². The van der Waals surface area contributed by atoms with Crippen LogP contribution in [-0.2, 0) is 10.0 Å². The Morgan fingerprint density at radius 1 is 1.13 bits per heavy atom. The molecule has 1 N–H and O–H groups in total. The number of para-hydroxylation sites is 1. The second-order valence-electron chi connectivity index (χ2n) is 4.85. The van der Waals surface area contributed by atoms with Gasteiger partial charge in [0.2, 0.25) is 0 Å². The topological polar surface area (TPSA) is 74.7 Å². The van der Waals surface area contributed by atoms with Crippen molar-refractivity contribution in [3.63, 3.8) is 0 Å². The van der Waals surface area contributed by atoms with E-state index in [1.807, 2.05) is 6.92 Å². The van der Waals surface area contributed by atoms with E-state index in [0.717, 1.165) is 4.31 Å². The van der Waals surface area contributed by atoms with Gasteiger partial charge in [-0.25, -0.2) is 13.2 Å². The second kappa shape index (κ2) is 7.02. The first kappa shape index (κ1) is 17.3. The standard InChI is InChI=1S/C16H16ClNO4S/c1-2-11-18(15-6-4-3-5-14(15)16(19)20)23(21,22)13-9-7-12(17)8-10-13/h3-10H,2,11H2,1H3,(H,19,20). The molecule has 2 aromatic rings. The van der Waals surface area contributed by atoms with Gasteiger partial charge in [0, 0.05) is 11.6 Å². The summed E-state index contributed by atoms with van der Waals surface area (Å²) in [5.74, 6) is -1.17. The van der Waals surface area contributed by atoms with Crippen LogP contribution in [0, 0.1) is 0 Å². The monoisotopic (exact) mass is 353 g/mol. The number of carboxylic acid groups (broad SMARTS) is 1. The van der Waals surface area contributed by atoms with E-state index >= 15 is 0 Å². The summed E-state index contributed by atoms with van der Waals surface area (Å²) >= 11 is 5.80. The summed E-state index contributed by atoms with van der Waals surface area (Å²) in [4.78, 5) is 11.5. The molecule has 0 atom stereocenters. The van der Waals surface area contributed by atoms with Crippen LogP contribution in [0.15, 0.2) is 53.4 Å². The van der Waals surface area contributed by atoms with Gasteiger partial charge in [0.25, 0.3) is 10.0 Å². The fraction of sp³-hybridized carbons (Fsp3) is 0.188. The number of hydrogen-bond donors (Lipinski definition) is 1. The van der Waals surface area contributed by atoms with Crippen molar-refractivity contribution in [1.82, 2.24) is 0 Å². The molecule has 0 heterocycles. The van der Waals surface area contributed by atoms with Crippen molar-refractivity contribution in [2.75, 3.05) is 10.8 Å². The number of hydrogen-bond acceptors (Lipinski definition) is 3. The van der Waals surface area contributed by atoms with Crippen LogP contribution in [0.2, 0.25) is 5.02 Å². The lowest BCUT2D eigenvalue weighted by Crippen LogP contribution is -2.33. The Morgan fingerprint density at radius 3 is 2.30 bits per heavy atom. The number of sulfonamides is 1. The van der Waals surface area contributed by atoms with E-state index in [4.69, 9.17) is 11.6 Å². The van der Waals surface area contributed by atoms with E-state index in [1.165, 1.54) is 36.4 Å². The van der Waals surface area contributed by atoms with Crippen LogP contribution in [0.3, 0.4) is 0 Å². The minimum Gasteiger partial charge on any atom is -0.478 e. The molecule has 0 saturated heterocycles. The van der Waals surface area contributed by atoms with Gasteiger partial charge < -0.3 is 5.11 Å². The number of aromatic carboxylic acids is 1. The zero-order valence-corrected chi connectivity index (χ0v) is 14.0. The Labute approximate surface area is 140 Å². The molecule has 0 aliphatic rings. The zero-order valence-electron chi connectivity index (χ0n) is 12.4. The van der Waals surface area contributed by atoms with E-state index in [-0.39, 0.29) is 22.7 Å². The van der Waals surface area contributed by atoms with Gasteiger partial charge in [0.05, 0.1) is 16.1 Å². The fourth-order valence-corrected chi connectivity index (χ4v) is 3.88. The Morgan fingerprint density at radius 2 is 1.74 bits per heavy atom. The molecule has 0 bridgehead atoms. The smallest absolute Gasteiger partial charge is 0.337 e. The van der Waals surface area contributed by atoms with Gasteiger partial charge in [-0.3, -0.25) is 4.31 Å². The average molecular weight is 354 g/mol. The van der Waals surface area contributed by atoms with Crippen LogP contribution in [0.5, 0.6) is 0 Å². The highest BCUT2D eigenvalue weighted by molar-refractivity contribution is 7.92. The summed E-state index contributed by atoms with van der Waals surface area (Å²) in [5.41, 5.74) is 0.0929. The van der Waals surface area contributed by atoms with Crippen molar-refractivity contribution in [3.8, 4) is 0 Å². The van der Waals surface area contributed by atoms with Gasteiger partial charge in [-0.05, 0) is 42.8 Å². The number of carboxylic acids is 1. The minimum atomic E-state index is -3.88. The molecular weight excluding hydrogens is 338 g/mol. The summed E-state index contributed by atoms with van der Waals surface area (Å²) in [6.07, 6.45) is 0.542. The maximum Gasteiger partial charge on any atom is 0.337 e. The highest BCUT2D eigenvalue weighted by Crippen LogP contribution is 2.28. The Bertz CT molecular complexity index is 803. The van der Waals surface area contributed by atoms with Crippen molar-refractivity contribution in [2.24, 2.45) is 0 Å². The lowest BCUT2D eigenvalue weighted by atomic mass is 10.2. The van der Waals surface area contributed by atoms with Crippen molar-refractivity contribution in [1.29, 1.82) is 0 Å². The van der Waals surface area contributed by atoms with Crippen LogP contribution >= 0.6 is 11.6 Å². The van der Waals surface area contributed by atoms with Crippen LogP contribution in [-0.4, -0.2) is 26.0 Å². The van der Waals surface area contributed by atoms with Gasteiger partial charge in [0.15, 0.2) is 0 Å². The van der Waals surface area contributed by atoms with Gasteiger partial charge in [-0.1, -0.05) is 30.7 Å². The molecule has 7 heteroatoms. The highest BCUT2D eigenvalue weighted by atomic mass is 35.5. The third kappa shape index (κ3) is 3.65. The number of benzene rings is 2. The molecule has 0 aliphatic heterocycles. The number of halogens is 1. The SMILES string of the molecule is CCCN(c1ccccc1C(=O)O)S(=O)(=O)c1ccc(Cl)cc1. The molecule has 0 fully saturated rings. The third-order valence-electron chi connectivity index (χ3n) is 3.23. The molecule has 5 nitrogen and oxygen atoms in total. The fourth-order valence-electron chi connectivity index (χ4n) is 2.18. The molecule has 0 spiro atoms. The molecule has 2 rings (SSSR count). The first-order chi connectivity index (χ1) is 10.9. The first-order valence-electron chi connectivity index (χ1n) is 6.98.